The number of anilines is 1. The first-order chi connectivity index (χ1) is 14.0. The van der Waals surface area contributed by atoms with Crippen molar-refractivity contribution in [2.24, 2.45) is 13.0 Å². The van der Waals surface area contributed by atoms with Crippen LogP contribution in [-0.4, -0.2) is 48.7 Å². The monoisotopic (exact) mass is 397 g/mol. The van der Waals surface area contributed by atoms with Crippen molar-refractivity contribution in [1.82, 2.24) is 9.78 Å². The molecule has 1 unspecified atom stereocenters. The molecule has 0 bridgehead atoms. The molecule has 29 heavy (non-hydrogen) atoms. The van der Waals surface area contributed by atoms with Crippen molar-refractivity contribution in [1.29, 1.82) is 0 Å². The summed E-state index contributed by atoms with van der Waals surface area (Å²) in [5, 5.41) is 6.98. The molecule has 1 aromatic heterocycles. The first-order valence-corrected chi connectivity index (χ1v) is 9.64. The Balaban J connectivity index is 1.85. The predicted molar refractivity (Wildman–Crippen MR) is 110 cm³/mol. The van der Waals surface area contributed by atoms with E-state index in [4.69, 9.17) is 14.2 Å². The second-order valence-electron chi connectivity index (χ2n) is 7.22. The third-order valence-corrected chi connectivity index (χ3v) is 4.53. The maximum Gasteiger partial charge on any atom is 0.257 e. The SMILES string of the molecule is COC[C@H](C)Oc1cc(C#CC(OC)C2CC2)cc(C(=O)Nc2ccn(C)n2)c1. The van der Waals surface area contributed by atoms with Gasteiger partial charge in [-0.05, 0) is 43.9 Å². The fraction of sp³-hybridized carbons (Fsp3) is 0.455. The molecule has 7 heteroatoms. The molecule has 1 fully saturated rings. The molecule has 0 radical (unpaired) electrons. The number of aromatic nitrogens is 2. The molecule has 7 nitrogen and oxygen atoms in total. The van der Waals surface area contributed by atoms with Gasteiger partial charge in [-0.15, -0.1) is 0 Å². The van der Waals surface area contributed by atoms with E-state index in [1.165, 1.54) is 0 Å². The van der Waals surface area contributed by atoms with E-state index in [-0.39, 0.29) is 18.1 Å². The number of amides is 1. The van der Waals surface area contributed by atoms with Gasteiger partial charge in [0.25, 0.3) is 5.91 Å². The number of benzene rings is 1. The largest absolute Gasteiger partial charge is 0.488 e. The third-order valence-electron chi connectivity index (χ3n) is 4.53. The maximum atomic E-state index is 12.7. The zero-order chi connectivity index (χ0) is 20.8. The molecule has 1 heterocycles. The summed E-state index contributed by atoms with van der Waals surface area (Å²) in [7, 11) is 5.09. The lowest BCUT2D eigenvalue weighted by molar-refractivity contribution is 0.0917. The topological polar surface area (TPSA) is 74.6 Å². The van der Waals surface area contributed by atoms with Crippen molar-refractivity contribution < 1.29 is 19.0 Å². The van der Waals surface area contributed by atoms with Crippen LogP contribution in [0.3, 0.4) is 0 Å². The second kappa shape index (κ2) is 9.59. The summed E-state index contributed by atoms with van der Waals surface area (Å²) in [6, 6.07) is 7.01. The number of aryl methyl sites for hydroxylation is 1. The summed E-state index contributed by atoms with van der Waals surface area (Å²) in [5.41, 5.74) is 1.14. The van der Waals surface area contributed by atoms with Crippen LogP contribution in [0, 0.1) is 17.8 Å². The Morgan fingerprint density at radius 2 is 2.14 bits per heavy atom. The number of nitrogens with one attached hydrogen (secondary N) is 1. The van der Waals surface area contributed by atoms with E-state index in [0.29, 0.717) is 35.2 Å². The minimum Gasteiger partial charge on any atom is -0.488 e. The average molecular weight is 397 g/mol. The van der Waals surface area contributed by atoms with E-state index in [1.54, 1.807) is 50.3 Å². The van der Waals surface area contributed by atoms with Crippen LogP contribution < -0.4 is 10.1 Å². The van der Waals surface area contributed by atoms with Crippen molar-refractivity contribution in [2.75, 3.05) is 26.1 Å². The molecule has 1 aliphatic carbocycles. The highest BCUT2D eigenvalue weighted by Crippen LogP contribution is 2.33. The van der Waals surface area contributed by atoms with Crippen LogP contribution in [0.1, 0.15) is 35.7 Å². The highest BCUT2D eigenvalue weighted by atomic mass is 16.5. The Morgan fingerprint density at radius 1 is 1.34 bits per heavy atom. The third kappa shape index (κ3) is 6.08. The van der Waals surface area contributed by atoms with Crippen molar-refractivity contribution in [3.8, 4) is 17.6 Å². The lowest BCUT2D eigenvalue weighted by Crippen LogP contribution is -2.19. The summed E-state index contributed by atoms with van der Waals surface area (Å²) in [5.74, 6) is 7.58. The number of carbonyl (C=O) groups excluding carboxylic acids is 1. The Labute approximate surface area is 171 Å². The van der Waals surface area contributed by atoms with Gasteiger partial charge in [0.15, 0.2) is 5.82 Å². The zero-order valence-electron chi connectivity index (χ0n) is 17.3. The molecule has 1 saturated carbocycles. The second-order valence-corrected chi connectivity index (χ2v) is 7.22. The van der Waals surface area contributed by atoms with Crippen LogP contribution in [0.2, 0.25) is 0 Å². The molecule has 1 amide bonds. The van der Waals surface area contributed by atoms with Crippen LogP contribution in [-0.2, 0) is 16.5 Å². The molecule has 0 saturated heterocycles. The highest BCUT2D eigenvalue weighted by Gasteiger charge is 2.29. The number of ether oxygens (including phenoxy) is 3. The lowest BCUT2D eigenvalue weighted by atomic mass is 10.1. The van der Waals surface area contributed by atoms with Crippen LogP contribution >= 0.6 is 0 Å². The van der Waals surface area contributed by atoms with E-state index in [0.717, 1.165) is 12.8 Å². The smallest absolute Gasteiger partial charge is 0.257 e. The van der Waals surface area contributed by atoms with Gasteiger partial charge in [0, 0.05) is 44.7 Å². The van der Waals surface area contributed by atoms with E-state index >= 15 is 0 Å². The average Bonchev–Trinajstić information content (AvgIpc) is 3.44. The normalized spacial score (nSPS) is 15.2. The number of rotatable bonds is 8. The van der Waals surface area contributed by atoms with Crippen LogP contribution in [0.5, 0.6) is 5.75 Å². The first kappa shape index (κ1) is 20.9. The Kier molecular flexibility index (Phi) is 6.91. The maximum absolute atomic E-state index is 12.7. The van der Waals surface area contributed by atoms with Gasteiger partial charge in [0.05, 0.1) is 6.61 Å². The minimum atomic E-state index is -0.276. The molecule has 1 N–H and O–H groups in total. The van der Waals surface area contributed by atoms with Crippen molar-refractivity contribution in [3.05, 3.63) is 41.6 Å². The molecule has 154 valence electrons. The Hall–Kier alpha value is -2.82. The first-order valence-electron chi connectivity index (χ1n) is 9.64. The molecule has 2 aromatic rings. The van der Waals surface area contributed by atoms with Gasteiger partial charge in [-0.1, -0.05) is 11.8 Å². The molecule has 3 rings (SSSR count). The van der Waals surface area contributed by atoms with Crippen molar-refractivity contribution >= 4 is 11.7 Å². The van der Waals surface area contributed by atoms with E-state index < -0.39 is 0 Å². The molecule has 1 aromatic carbocycles. The van der Waals surface area contributed by atoms with Crippen LogP contribution in [0.15, 0.2) is 30.5 Å². The summed E-state index contributed by atoms with van der Waals surface area (Å²) >= 11 is 0. The van der Waals surface area contributed by atoms with Crippen LogP contribution in [0.4, 0.5) is 5.82 Å². The molecule has 2 atom stereocenters. The number of methoxy groups -OCH3 is 2. The number of hydrogen-bond donors (Lipinski definition) is 1. The molecule has 0 spiro atoms. The van der Waals surface area contributed by atoms with Gasteiger partial charge in [-0.25, -0.2) is 0 Å². The van der Waals surface area contributed by atoms with Gasteiger partial charge >= 0.3 is 0 Å². The predicted octanol–water partition coefficient (Wildman–Crippen LogP) is 2.86. The van der Waals surface area contributed by atoms with Crippen molar-refractivity contribution in [2.45, 2.75) is 32.0 Å². The van der Waals surface area contributed by atoms with Gasteiger partial charge in [-0.2, -0.15) is 5.10 Å². The van der Waals surface area contributed by atoms with Crippen molar-refractivity contribution in [3.63, 3.8) is 0 Å². The Bertz CT molecular complexity index is 908. The Morgan fingerprint density at radius 3 is 2.76 bits per heavy atom. The summed E-state index contributed by atoms with van der Waals surface area (Å²) in [4.78, 5) is 12.7. The fourth-order valence-corrected chi connectivity index (χ4v) is 2.96. The number of hydrogen-bond acceptors (Lipinski definition) is 5. The van der Waals surface area contributed by atoms with E-state index in [9.17, 15) is 4.79 Å². The van der Waals surface area contributed by atoms with Gasteiger partial charge < -0.3 is 19.5 Å². The van der Waals surface area contributed by atoms with Crippen LogP contribution in [0.25, 0.3) is 0 Å². The summed E-state index contributed by atoms with van der Waals surface area (Å²) < 4.78 is 18.1. The summed E-state index contributed by atoms with van der Waals surface area (Å²) in [6.45, 7) is 2.35. The van der Waals surface area contributed by atoms with Gasteiger partial charge in [0.2, 0.25) is 0 Å². The minimum absolute atomic E-state index is 0.0854. The molecular weight excluding hydrogens is 370 g/mol. The molecule has 0 aliphatic heterocycles. The van der Waals surface area contributed by atoms with E-state index in [1.807, 2.05) is 13.0 Å². The number of carbonyl (C=O) groups is 1. The quantitative estimate of drug-likeness (QED) is 0.694. The fourth-order valence-electron chi connectivity index (χ4n) is 2.96. The standard InChI is InChI=1S/C22H27N3O4/c1-15(14-27-3)29-19-12-16(5-8-20(28-4)17-6-7-17)11-18(13-19)22(26)23-21-9-10-25(2)24-21/h9-13,15,17,20H,6-7,14H2,1-4H3,(H,23,24,26)/t15-,20?/m0/s1. The lowest BCUT2D eigenvalue weighted by Gasteiger charge is -2.15. The van der Waals surface area contributed by atoms with Gasteiger partial charge in [0.1, 0.15) is 18.0 Å². The van der Waals surface area contributed by atoms with Gasteiger partial charge in [-0.3, -0.25) is 9.48 Å². The highest BCUT2D eigenvalue weighted by molar-refractivity contribution is 6.04. The molecule has 1 aliphatic rings. The van der Waals surface area contributed by atoms with E-state index in [2.05, 4.69) is 22.3 Å². The summed E-state index contributed by atoms with van der Waals surface area (Å²) in [6.07, 6.45) is 3.80. The molecular formula is C22H27N3O4. The number of nitrogens with zero attached hydrogens (tertiary/aromatic N) is 2. The zero-order valence-corrected chi connectivity index (χ0v) is 17.3.